The van der Waals surface area contributed by atoms with E-state index < -0.39 is 10.0 Å². The molecule has 0 saturated heterocycles. The molecule has 0 aliphatic rings. The van der Waals surface area contributed by atoms with Gasteiger partial charge >= 0.3 is 0 Å². The minimum Gasteiger partial charge on any atom is -0.355 e. The lowest BCUT2D eigenvalue weighted by molar-refractivity contribution is -0.120. The van der Waals surface area contributed by atoms with Crippen LogP contribution in [0, 0.1) is 0 Å². The molecular weight excluding hydrogens is 404 g/mol. The third kappa shape index (κ3) is 6.19. The molecule has 3 aromatic rings. The van der Waals surface area contributed by atoms with Crippen LogP contribution in [0.25, 0.3) is 0 Å². The maximum Gasteiger partial charge on any atom is 0.238 e. The highest BCUT2D eigenvalue weighted by molar-refractivity contribution is 8.00. The summed E-state index contributed by atoms with van der Waals surface area (Å²) in [4.78, 5) is 14.0. The first kappa shape index (κ1) is 21.1. The van der Waals surface area contributed by atoms with Crippen LogP contribution in [-0.4, -0.2) is 20.9 Å². The Morgan fingerprint density at radius 3 is 2.07 bits per heavy atom. The second-order valence-electron chi connectivity index (χ2n) is 6.45. The van der Waals surface area contributed by atoms with E-state index in [9.17, 15) is 13.2 Å². The summed E-state index contributed by atoms with van der Waals surface area (Å²) in [5.74, 6) is -0.0637. The molecule has 150 valence electrons. The van der Waals surface area contributed by atoms with Crippen LogP contribution in [0.4, 0.5) is 0 Å². The number of hydrogen-bond acceptors (Lipinski definition) is 4. The van der Waals surface area contributed by atoms with Crippen LogP contribution in [0.15, 0.2) is 94.7 Å². The molecule has 0 fully saturated rings. The lowest BCUT2D eigenvalue weighted by Crippen LogP contribution is -2.29. The van der Waals surface area contributed by atoms with Crippen LogP contribution in [0.2, 0.25) is 0 Å². The van der Waals surface area contributed by atoms with Crippen molar-refractivity contribution in [1.29, 1.82) is 0 Å². The summed E-state index contributed by atoms with van der Waals surface area (Å²) >= 11 is 1.51. The molecule has 3 aromatic carbocycles. The molecule has 0 saturated carbocycles. The number of carbonyl (C=O) groups excluding carboxylic acids is 1. The van der Waals surface area contributed by atoms with E-state index in [-0.39, 0.29) is 16.1 Å². The Balaban J connectivity index is 1.64. The maximum atomic E-state index is 12.9. The van der Waals surface area contributed by atoms with Gasteiger partial charge in [-0.15, -0.1) is 11.8 Å². The zero-order valence-electron chi connectivity index (χ0n) is 15.7. The van der Waals surface area contributed by atoms with Gasteiger partial charge in [-0.25, -0.2) is 13.6 Å². The first-order valence-corrected chi connectivity index (χ1v) is 11.5. The van der Waals surface area contributed by atoms with Gasteiger partial charge < -0.3 is 5.32 Å². The fraction of sp³-hybridized carbons (Fsp3) is 0.136. The molecule has 1 unspecified atom stereocenters. The lowest BCUT2D eigenvalue weighted by Gasteiger charge is -2.17. The first-order valence-electron chi connectivity index (χ1n) is 9.09. The Bertz CT molecular complexity index is 1040. The van der Waals surface area contributed by atoms with Gasteiger partial charge in [0.25, 0.3) is 0 Å². The van der Waals surface area contributed by atoms with Gasteiger partial charge in [0.05, 0.1) is 4.90 Å². The van der Waals surface area contributed by atoms with E-state index in [1.54, 1.807) is 12.1 Å². The number of amides is 1. The summed E-state index contributed by atoms with van der Waals surface area (Å²) in [5, 5.41) is 7.75. The normalized spacial score (nSPS) is 12.3. The number of carbonyl (C=O) groups is 1. The number of nitrogens with two attached hydrogens (primary N) is 1. The molecule has 3 N–H and O–H groups in total. The van der Waals surface area contributed by atoms with Crippen molar-refractivity contribution in [1.82, 2.24) is 5.32 Å². The number of hydrogen-bond donors (Lipinski definition) is 2. The van der Waals surface area contributed by atoms with E-state index in [1.165, 1.54) is 23.9 Å². The van der Waals surface area contributed by atoms with Crippen LogP contribution in [0.1, 0.15) is 16.4 Å². The van der Waals surface area contributed by atoms with Crippen molar-refractivity contribution in [2.24, 2.45) is 5.14 Å². The molecule has 0 aliphatic heterocycles. The summed E-state index contributed by atoms with van der Waals surface area (Å²) in [6, 6.07) is 25.9. The molecule has 5 nitrogen and oxygen atoms in total. The minimum atomic E-state index is -3.70. The number of sulfonamides is 1. The van der Waals surface area contributed by atoms with Gasteiger partial charge in [-0.2, -0.15) is 0 Å². The molecule has 1 atom stereocenters. The van der Waals surface area contributed by atoms with E-state index in [0.29, 0.717) is 13.0 Å². The molecular formula is C22H22N2O3S2. The summed E-state index contributed by atoms with van der Waals surface area (Å²) < 4.78 is 22.7. The molecule has 29 heavy (non-hydrogen) atoms. The van der Waals surface area contributed by atoms with Crippen molar-refractivity contribution >= 4 is 27.7 Å². The SMILES string of the molecule is NS(=O)(=O)c1ccc(CCNC(=O)C(Sc2ccccc2)c2ccccc2)cc1. The van der Waals surface area contributed by atoms with Gasteiger partial charge in [0.2, 0.25) is 15.9 Å². The zero-order valence-corrected chi connectivity index (χ0v) is 17.3. The number of rotatable bonds is 8. The van der Waals surface area contributed by atoms with Crippen LogP contribution < -0.4 is 10.5 Å². The lowest BCUT2D eigenvalue weighted by atomic mass is 10.1. The van der Waals surface area contributed by atoms with E-state index in [4.69, 9.17) is 5.14 Å². The van der Waals surface area contributed by atoms with Crippen molar-refractivity contribution in [3.8, 4) is 0 Å². The molecule has 3 rings (SSSR count). The van der Waals surface area contributed by atoms with Crippen molar-refractivity contribution in [2.75, 3.05) is 6.54 Å². The van der Waals surface area contributed by atoms with E-state index in [2.05, 4.69) is 5.32 Å². The fourth-order valence-corrected chi connectivity index (χ4v) is 4.39. The maximum absolute atomic E-state index is 12.9. The number of benzene rings is 3. The van der Waals surface area contributed by atoms with Crippen LogP contribution in [0.3, 0.4) is 0 Å². The standard InChI is InChI=1S/C22H22N2O3S2/c23-29(26,27)20-13-11-17(12-14-20)15-16-24-22(25)21(18-7-3-1-4-8-18)28-19-9-5-2-6-10-19/h1-14,21H,15-16H2,(H,24,25)(H2,23,26,27). The van der Waals surface area contributed by atoms with Gasteiger partial charge in [0, 0.05) is 11.4 Å². The van der Waals surface area contributed by atoms with Crippen LogP contribution in [-0.2, 0) is 21.2 Å². The monoisotopic (exact) mass is 426 g/mol. The summed E-state index contributed by atoms with van der Waals surface area (Å²) in [7, 11) is -3.70. The highest BCUT2D eigenvalue weighted by atomic mass is 32.2. The van der Waals surface area contributed by atoms with Crippen LogP contribution in [0.5, 0.6) is 0 Å². The number of thioether (sulfide) groups is 1. The summed E-state index contributed by atoms with van der Waals surface area (Å²) in [6.07, 6.45) is 0.591. The molecule has 0 aromatic heterocycles. The Morgan fingerprint density at radius 2 is 1.48 bits per heavy atom. The van der Waals surface area contributed by atoms with Crippen molar-refractivity contribution in [2.45, 2.75) is 21.5 Å². The Morgan fingerprint density at radius 1 is 0.897 bits per heavy atom. The molecule has 0 heterocycles. The molecule has 0 bridgehead atoms. The topological polar surface area (TPSA) is 89.3 Å². The van der Waals surface area contributed by atoms with E-state index >= 15 is 0 Å². The fourth-order valence-electron chi connectivity index (χ4n) is 2.80. The smallest absolute Gasteiger partial charge is 0.238 e. The van der Waals surface area contributed by atoms with Gasteiger partial charge in [-0.1, -0.05) is 60.7 Å². The van der Waals surface area contributed by atoms with Gasteiger partial charge in [0.1, 0.15) is 5.25 Å². The quantitative estimate of drug-likeness (QED) is 0.539. The Hall–Kier alpha value is -2.61. The van der Waals surface area contributed by atoms with Crippen molar-refractivity contribution < 1.29 is 13.2 Å². The highest BCUT2D eigenvalue weighted by Gasteiger charge is 2.21. The molecule has 1 amide bonds. The average molecular weight is 427 g/mol. The number of nitrogens with one attached hydrogen (secondary N) is 1. The van der Waals surface area contributed by atoms with Gasteiger partial charge in [-0.3, -0.25) is 4.79 Å². The number of primary sulfonamides is 1. The Kier molecular flexibility index (Phi) is 7.09. The third-order valence-electron chi connectivity index (χ3n) is 4.30. The Labute approximate surface area is 175 Å². The van der Waals surface area contributed by atoms with Crippen molar-refractivity contribution in [3.05, 3.63) is 96.1 Å². The average Bonchev–Trinajstić information content (AvgIpc) is 2.73. The molecule has 7 heteroatoms. The predicted molar refractivity (Wildman–Crippen MR) is 116 cm³/mol. The van der Waals surface area contributed by atoms with Gasteiger partial charge in [-0.05, 0) is 41.8 Å². The van der Waals surface area contributed by atoms with Gasteiger partial charge in [0.15, 0.2) is 0 Å². The zero-order chi connectivity index (χ0) is 20.7. The minimum absolute atomic E-state index is 0.0637. The van der Waals surface area contributed by atoms with E-state index in [0.717, 1.165) is 16.0 Å². The third-order valence-corrected chi connectivity index (χ3v) is 6.50. The highest BCUT2D eigenvalue weighted by Crippen LogP contribution is 2.35. The molecule has 0 radical (unpaired) electrons. The van der Waals surface area contributed by atoms with E-state index in [1.807, 2.05) is 60.7 Å². The largest absolute Gasteiger partial charge is 0.355 e. The second kappa shape index (κ2) is 9.73. The molecule has 0 aliphatic carbocycles. The summed E-state index contributed by atoms with van der Waals surface area (Å²) in [5.41, 5.74) is 1.86. The van der Waals surface area contributed by atoms with Crippen molar-refractivity contribution in [3.63, 3.8) is 0 Å². The molecule has 0 spiro atoms. The first-order chi connectivity index (χ1) is 13.9. The second-order valence-corrected chi connectivity index (χ2v) is 9.19. The summed E-state index contributed by atoms with van der Waals surface area (Å²) in [6.45, 7) is 0.451. The van der Waals surface area contributed by atoms with Crippen LogP contribution >= 0.6 is 11.8 Å². The predicted octanol–water partition coefficient (Wildman–Crippen LogP) is 3.53.